The predicted octanol–water partition coefficient (Wildman–Crippen LogP) is 3.67. The first-order valence-corrected chi connectivity index (χ1v) is 7.53. The summed E-state index contributed by atoms with van der Waals surface area (Å²) >= 11 is 3.28. The summed E-state index contributed by atoms with van der Waals surface area (Å²) in [6.45, 7) is 2.13. The number of rotatable bonds is 3. The summed E-state index contributed by atoms with van der Waals surface area (Å²) in [6.07, 6.45) is 4.40. The third-order valence-corrected chi connectivity index (χ3v) is 4.52. The number of nitrogens with zero attached hydrogens (tertiary/aromatic N) is 1. The maximum Gasteiger partial charge on any atom is 0.270 e. The molecule has 2 unspecified atom stereocenters. The molecule has 20 heavy (non-hydrogen) atoms. The fourth-order valence-corrected chi connectivity index (χ4v) is 3.00. The van der Waals surface area contributed by atoms with Gasteiger partial charge in [-0.05, 0) is 40.8 Å². The molecule has 1 fully saturated rings. The number of benzene rings is 1. The van der Waals surface area contributed by atoms with Crippen LogP contribution >= 0.6 is 15.9 Å². The standard InChI is InChI=1S/C14H17BrN2O3/c1-9-4-2-3-5-13(9)16-14(18)11-8-10(17(19)20)6-7-12(11)15/h6-9,13H,2-5H2,1H3,(H,16,18). The van der Waals surface area contributed by atoms with Crippen molar-refractivity contribution in [1.82, 2.24) is 5.32 Å². The molecule has 0 aliphatic heterocycles. The third kappa shape index (κ3) is 3.36. The minimum absolute atomic E-state index is 0.0740. The number of hydrogen-bond acceptors (Lipinski definition) is 3. The van der Waals surface area contributed by atoms with Gasteiger partial charge in [-0.2, -0.15) is 0 Å². The minimum atomic E-state index is -0.494. The van der Waals surface area contributed by atoms with Crippen molar-refractivity contribution in [3.8, 4) is 0 Å². The van der Waals surface area contributed by atoms with Gasteiger partial charge in [0.05, 0.1) is 10.5 Å². The number of amides is 1. The summed E-state index contributed by atoms with van der Waals surface area (Å²) in [5.41, 5.74) is 0.243. The van der Waals surface area contributed by atoms with Gasteiger partial charge < -0.3 is 5.32 Å². The highest BCUT2D eigenvalue weighted by Gasteiger charge is 2.24. The maximum absolute atomic E-state index is 12.3. The molecule has 1 N–H and O–H groups in total. The van der Waals surface area contributed by atoms with Crippen LogP contribution in [0.4, 0.5) is 5.69 Å². The molecule has 1 aliphatic carbocycles. The lowest BCUT2D eigenvalue weighted by molar-refractivity contribution is -0.384. The van der Waals surface area contributed by atoms with Gasteiger partial charge in [-0.15, -0.1) is 0 Å². The van der Waals surface area contributed by atoms with Gasteiger partial charge >= 0.3 is 0 Å². The van der Waals surface area contributed by atoms with E-state index in [-0.39, 0.29) is 17.6 Å². The average Bonchev–Trinajstić information content (AvgIpc) is 2.41. The van der Waals surface area contributed by atoms with Crippen LogP contribution in [0.3, 0.4) is 0 Å². The minimum Gasteiger partial charge on any atom is -0.349 e. The largest absolute Gasteiger partial charge is 0.349 e. The molecule has 1 aliphatic rings. The Bertz CT molecular complexity index is 533. The van der Waals surface area contributed by atoms with Crippen LogP contribution in [-0.2, 0) is 0 Å². The Kier molecular flexibility index (Phi) is 4.75. The highest BCUT2D eigenvalue weighted by Crippen LogP contribution is 2.26. The van der Waals surface area contributed by atoms with E-state index in [1.807, 2.05) is 0 Å². The molecule has 1 aromatic rings. The molecular weight excluding hydrogens is 324 g/mol. The Labute approximate surface area is 126 Å². The number of nitro groups is 1. The second-order valence-electron chi connectivity index (χ2n) is 5.26. The van der Waals surface area contributed by atoms with Crippen LogP contribution < -0.4 is 5.32 Å². The van der Waals surface area contributed by atoms with Crippen molar-refractivity contribution in [3.05, 3.63) is 38.3 Å². The van der Waals surface area contributed by atoms with Gasteiger partial charge in [0.2, 0.25) is 0 Å². The van der Waals surface area contributed by atoms with E-state index in [0.717, 1.165) is 19.3 Å². The summed E-state index contributed by atoms with van der Waals surface area (Å²) in [4.78, 5) is 22.6. The van der Waals surface area contributed by atoms with E-state index >= 15 is 0 Å². The van der Waals surface area contributed by atoms with Crippen molar-refractivity contribution in [1.29, 1.82) is 0 Å². The smallest absolute Gasteiger partial charge is 0.270 e. The third-order valence-electron chi connectivity index (χ3n) is 3.83. The van der Waals surface area contributed by atoms with Gasteiger partial charge in [-0.25, -0.2) is 0 Å². The first kappa shape index (κ1) is 15.0. The molecule has 0 spiro atoms. The first-order valence-electron chi connectivity index (χ1n) is 6.74. The van der Waals surface area contributed by atoms with E-state index in [1.54, 1.807) is 0 Å². The zero-order valence-electron chi connectivity index (χ0n) is 11.3. The van der Waals surface area contributed by atoms with Crippen LogP contribution in [-0.4, -0.2) is 16.9 Å². The zero-order chi connectivity index (χ0) is 14.7. The molecule has 2 atom stereocenters. The van der Waals surface area contributed by atoms with E-state index in [1.165, 1.54) is 24.6 Å². The SMILES string of the molecule is CC1CCCCC1NC(=O)c1cc([N+](=O)[O-])ccc1Br. The topological polar surface area (TPSA) is 72.2 Å². The van der Waals surface area contributed by atoms with Crippen molar-refractivity contribution in [3.63, 3.8) is 0 Å². The molecule has 108 valence electrons. The van der Waals surface area contributed by atoms with Crippen LogP contribution in [0.1, 0.15) is 43.0 Å². The highest BCUT2D eigenvalue weighted by molar-refractivity contribution is 9.10. The molecule has 0 saturated heterocycles. The van der Waals surface area contributed by atoms with Gasteiger partial charge in [0.1, 0.15) is 0 Å². The lowest BCUT2D eigenvalue weighted by atomic mass is 9.86. The van der Waals surface area contributed by atoms with Crippen molar-refractivity contribution in [2.75, 3.05) is 0 Å². The number of carbonyl (C=O) groups is 1. The molecule has 1 aromatic carbocycles. The molecular formula is C14H17BrN2O3. The fraction of sp³-hybridized carbons (Fsp3) is 0.500. The number of carbonyl (C=O) groups excluding carboxylic acids is 1. The van der Waals surface area contributed by atoms with Gasteiger partial charge in [0.25, 0.3) is 11.6 Å². The monoisotopic (exact) mass is 340 g/mol. The summed E-state index contributed by atoms with van der Waals surface area (Å²) in [5, 5.41) is 13.8. The number of non-ortho nitro benzene ring substituents is 1. The van der Waals surface area contributed by atoms with Crippen molar-refractivity contribution < 1.29 is 9.72 Å². The molecule has 5 nitrogen and oxygen atoms in total. The normalized spacial score (nSPS) is 22.3. The Hall–Kier alpha value is -1.43. The molecule has 0 radical (unpaired) electrons. The van der Waals surface area contributed by atoms with Crippen LogP contribution in [0.25, 0.3) is 0 Å². The highest BCUT2D eigenvalue weighted by atomic mass is 79.9. The first-order chi connectivity index (χ1) is 9.49. The molecule has 2 rings (SSSR count). The van der Waals surface area contributed by atoms with Gasteiger partial charge in [-0.1, -0.05) is 19.8 Å². The number of nitrogens with one attached hydrogen (secondary N) is 1. The second-order valence-corrected chi connectivity index (χ2v) is 6.12. The lowest BCUT2D eigenvalue weighted by Crippen LogP contribution is -2.41. The Morgan fingerprint density at radius 2 is 2.10 bits per heavy atom. The van der Waals surface area contributed by atoms with Crippen LogP contribution in [0.15, 0.2) is 22.7 Å². The summed E-state index contributed by atoms with van der Waals surface area (Å²) < 4.78 is 0.573. The Morgan fingerprint density at radius 3 is 2.75 bits per heavy atom. The zero-order valence-corrected chi connectivity index (χ0v) is 12.9. The van der Waals surface area contributed by atoms with Crippen LogP contribution in [0.2, 0.25) is 0 Å². The van der Waals surface area contributed by atoms with E-state index in [2.05, 4.69) is 28.2 Å². The molecule has 0 bridgehead atoms. The quantitative estimate of drug-likeness (QED) is 0.673. The van der Waals surface area contributed by atoms with Crippen molar-refractivity contribution in [2.24, 2.45) is 5.92 Å². The molecule has 1 amide bonds. The van der Waals surface area contributed by atoms with Crippen LogP contribution in [0.5, 0.6) is 0 Å². The summed E-state index contributed by atoms with van der Waals surface area (Å²) in [6, 6.07) is 4.39. The second kappa shape index (κ2) is 6.35. The molecule has 1 saturated carbocycles. The molecule has 0 heterocycles. The van der Waals surface area contributed by atoms with Gasteiger partial charge in [-0.3, -0.25) is 14.9 Å². The van der Waals surface area contributed by atoms with Gasteiger partial charge in [0.15, 0.2) is 0 Å². The van der Waals surface area contributed by atoms with E-state index in [9.17, 15) is 14.9 Å². The maximum atomic E-state index is 12.3. The Balaban J connectivity index is 2.16. The average molecular weight is 341 g/mol. The predicted molar refractivity (Wildman–Crippen MR) is 79.7 cm³/mol. The number of nitro benzene ring substituents is 1. The van der Waals surface area contributed by atoms with Crippen molar-refractivity contribution in [2.45, 2.75) is 38.6 Å². The number of halogens is 1. The Morgan fingerprint density at radius 1 is 1.40 bits per heavy atom. The summed E-state index contributed by atoms with van der Waals surface area (Å²) in [5.74, 6) is 0.199. The number of hydrogen-bond donors (Lipinski definition) is 1. The summed E-state index contributed by atoms with van der Waals surface area (Å²) in [7, 11) is 0. The molecule has 0 aromatic heterocycles. The van der Waals surface area contributed by atoms with Crippen LogP contribution in [0, 0.1) is 16.0 Å². The fourth-order valence-electron chi connectivity index (χ4n) is 2.58. The van der Waals surface area contributed by atoms with E-state index < -0.39 is 4.92 Å². The van der Waals surface area contributed by atoms with E-state index in [0.29, 0.717) is 16.0 Å². The van der Waals surface area contributed by atoms with Gasteiger partial charge in [0, 0.05) is 22.6 Å². The molecule has 6 heteroatoms. The lowest BCUT2D eigenvalue weighted by Gasteiger charge is -2.29. The van der Waals surface area contributed by atoms with Crippen molar-refractivity contribution >= 4 is 27.5 Å². The van der Waals surface area contributed by atoms with E-state index in [4.69, 9.17) is 0 Å².